The van der Waals surface area contributed by atoms with Crippen molar-refractivity contribution in [2.75, 3.05) is 24.5 Å². The van der Waals surface area contributed by atoms with E-state index in [-0.39, 0.29) is 0 Å². The van der Waals surface area contributed by atoms with Crippen LogP contribution in [-0.4, -0.2) is 35.6 Å². The summed E-state index contributed by atoms with van der Waals surface area (Å²) in [6, 6.07) is 2.72. The molecule has 1 fully saturated rings. The molecule has 4 heteroatoms. The molecular weight excluding hydrogens is 236 g/mol. The lowest BCUT2D eigenvalue weighted by Gasteiger charge is -2.35. The molecule has 0 bridgehead atoms. The second kappa shape index (κ2) is 6.33. The van der Waals surface area contributed by atoms with Crippen molar-refractivity contribution in [1.29, 1.82) is 0 Å². The lowest BCUT2D eigenvalue weighted by molar-refractivity contribution is 0.314. The molecule has 4 nitrogen and oxygen atoms in total. The summed E-state index contributed by atoms with van der Waals surface area (Å²) >= 11 is 0. The molecular formula is C15H26N4. The molecule has 1 aromatic heterocycles. The summed E-state index contributed by atoms with van der Waals surface area (Å²) in [4.78, 5) is 11.3. The Bertz CT molecular complexity index is 390. The maximum atomic E-state index is 4.56. The molecule has 1 unspecified atom stereocenters. The van der Waals surface area contributed by atoms with Crippen molar-refractivity contribution in [1.82, 2.24) is 15.3 Å². The minimum absolute atomic E-state index is 0.626. The fraction of sp³-hybridized carbons (Fsp3) is 0.733. The van der Waals surface area contributed by atoms with Crippen molar-refractivity contribution < 1.29 is 0 Å². The Balaban J connectivity index is 1.96. The third-order valence-corrected chi connectivity index (χ3v) is 4.05. The summed E-state index contributed by atoms with van der Waals surface area (Å²) in [5.74, 6) is 2.76. The van der Waals surface area contributed by atoms with Crippen LogP contribution in [0.2, 0.25) is 0 Å². The number of hydrogen-bond donors (Lipinski definition) is 1. The zero-order chi connectivity index (χ0) is 13.8. The van der Waals surface area contributed by atoms with E-state index in [2.05, 4.69) is 40.1 Å². The minimum atomic E-state index is 0.626. The van der Waals surface area contributed by atoms with Crippen LogP contribution in [0.25, 0.3) is 0 Å². The highest BCUT2D eigenvalue weighted by Crippen LogP contribution is 2.24. The topological polar surface area (TPSA) is 41.0 Å². The van der Waals surface area contributed by atoms with Crippen LogP contribution < -0.4 is 10.2 Å². The normalized spacial score (nSPS) is 18.6. The van der Waals surface area contributed by atoms with Crippen LogP contribution >= 0.6 is 0 Å². The fourth-order valence-electron chi connectivity index (χ4n) is 2.98. The van der Waals surface area contributed by atoms with E-state index in [0.29, 0.717) is 6.04 Å². The van der Waals surface area contributed by atoms with Crippen LogP contribution in [0.1, 0.15) is 38.2 Å². The van der Waals surface area contributed by atoms with Gasteiger partial charge in [0.1, 0.15) is 11.6 Å². The van der Waals surface area contributed by atoms with E-state index < -0.39 is 0 Å². The first-order valence-electron chi connectivity index (χ1n) is 7.40. The molecule has 1 N–H and O–H groups in total. The van der Waals surface area contributed by atoms with Crippen LogP contribution in [0, 0.1) is 19.8 Å². The zero-order valence-corrected chi connectivity index (χ0v) is 12.6. The molecule has 0 spiro atoms. The molecule has 106 valence electrons. The van der Waals surface area contributed by atoms with Crippen LogP contribution in [-0.2, 0) is 0 Å². The molecule has 2 heterocycles. The first kappa shape index (κ1) is 14.3. The highest BCUT2D eigenvalue weighted by atomic mass is 15.2. The summed E-state index contributed by atoms with van der Waals surface area (Å²) in [5, 5.41) is 3.54. The monoisotopic (exact) mass is 262 g/mol. The van der Waals surface area contributed by atoms with Crippen molar-refractivity contribution >= 4 is 5.82 Å². The first-order valence-corrected chi connectivity index (χ1v) is 7.40. The van der Waals surface area contributed by atoms with Crippen LogP contribution in [0.3, 0.4) is 0 Å². The van der Waals surface area contributed by atoms with E-state index in [1.807, 2.05) is 13.8 Å². The molecule has 2 rings (SSSR count). The van der Waals surface area contributed by atoms with Gasteiger partial charge in [-0.2, -0.15) is 0 Å². The van der Waals surface area contributed by atoms with Crippen molar-refractivity contribution in [3.63, 3.8) is 0 Å². The summed E-state index contributed by atoms with van der Waals surface area (Å²) in [5.41, 5.74) is 1.06. The first-order chi connectivity index (χ1) is 9.10. The molecule has 1 aliphatic rings. The molecule has 0 saturated carbocycles. The van der Waals surface area contributed by atoms with Gasteiger partial charge in [0.25, 0.3) is 0 Å². The van der Waals surface area contributed by atoms with Gasteiger partial charge < -0.3 is 10.2 Å². The number of nitrogens with one attached hydrogen (secondary N) is 1. The lowest BCUT2D eigenvalue weighted by atomic mass is 9.90. The number of hydrogen-bond acceptors (Lipinski definition) is 4. The van der Waals surface area contributed by atoms with Crippen molar-refractivity contribution in [3.05, 3.63) is 17.6 Å². The highest BCUT2D eigenvalue weighted by Gasteiger charge is 2.24. The van der Waals surface area contributed by atoms with Gasteiger partial charge in [0.05, 0.1) is 0 Å². The maximum absolute atomic E-state index is 4.56. The van der Waals surface area contributed by atoms with Gasteiger partial charge in [0.15, 0.2) is 0 Å². The Morgan fingerprint density at radius 3 is 2.58 bits per heavy atom. The van der Waals surface area contributed by atoms with Crippen molar-refractivity contribution in [3.8, 4) is 0 Å². The largest absolute Gasteiger partial charge is 0.356 e. The number of aryl methyl sites for hydroxylation is 2. The Kier molecular flexibility index (Phi) is 4.75. The average Bonchev–Trinajstić information content (AvgIpc) is 2.38. The molecule has 0 amide bonds. The Morgan fingerprint density at radius 2 is 2.00 bits per heavy atom. The van der Waals surface area contributed by atoms with Gasteiger partial charge in [-0.15, -0.1) is 0 Å². The van der Waals surface area contributed by atoms with Crippen molar-refractivity contribution in [2.45, 2.75) is 46.6 Å². The van der Waals surface area contributed by atoms with E-state index in [1.54, 1.807) is 0 Å². The molecule has 0 aromatic carbocycles. The van der Waals surface area contributed by atoms with Crippen LogP contribution in [0.4, 0.5) is 5.82 Å². The van der Waals surface area contributed by atoms with E-state index in [9.17, 15) is 0 Å². The number of rotatable bonds is 4. The molecule has 0 radical (unpaired) electrons. The second-order valence-corrected chi connectivity index (χ2v) is 5.59. The van der Waals surface area contributed by atoms with Gasteiger partial charge in [-0.1, -0.05) is 6.92 Å². The quantitative estimate of drug-likeness (QED) is 0.904. The number of aromatic nitrogens is 2. The van der Waals surface area contributed by atoms with E-state index >= 15 is 0 Å². The smallest absolute Gasteiger partial charge is 0.132 e. The fourth-order valence-corrected chi connectivity index (χ4v) is 2.98. The summed E-state index contributed by atoms with van der Waals surface area (Å²) in [7, 11) is 0. The van der Waals surface area contributed by atoms with E-state index in [4.69, 9.17) is 0 Å². The van der Waals surface area contributed by atoms with Crippen LogP contribution in [0.5, 0.6) is 0 Å². The van der Waals surface area contributed by atoms with Gasteiger partial charge in [-0.3, -0.25) is 0 Å². The van der Waals surface area contributed by atoms with Crippen LogP contribution in [0.15, 0.2) is 6.07 Å². The maximum Gasteiger partial charge on any atom is 0.132 e. The number of anilines is 1. The lowest BCUT2D eigenvalue weighted by Crippen LogP contribution is -2.42. The highest BCUT2D eigenvalue weighted by molar-refractivity contribution is 5.40. The van der Waals surface area contributed by atoms with Crippen molar-refractivity contribution in [2.24, 2.45) is 5.92 Å². The average molecular weight is 262 g/mol. The predicted molar refractivity (Wildman–Crippen MR) is 79.6 cm³/mol. The second-order valence-electron chi connectivity index (χ2n) is 5.59. The Labute approximate surface area is 116 Å². The van der Waals surface area contributed by atoms with Gasteiger partial charge in [-0.05, 0) is 46.1 Å². The third kappa shape index (κ3) is 3.66. The van der Waals surface area contributed by atoms with E-state index in [0.717, 1.165) is 42.9 Å². The summed E-state index contributed by atoms with van der Waals surface area (Å²) in [6.45, 7) is 11.8. The number of nitrogens with zero attached hydrogens (tertiary/aromatic N) is 3. The minimum Gasteiger partial charge on any atom is -0.356 e. The zero-order valence-electron chi connectivity index (χ0n) is 12.6. The Hall–Kier alpha value is -1.16. The summed E-state index contributed by atoms with van der Waals surface area (Å²) in [6.07, 6.45) is 2.49. The van der Waals surface area contributed by atoms with Gasteiger partial charge in [0.2, 0.25) is 0 Å². The van der Waals surface area contributed by atoms with Gasteiger partial charge in [0, 0.05) is 30.9 Å². The summed E-state index contributed by atoms with van der Waals surface area (Å²) < 4.78 is 0. The molecule has 19 heavy (non-hydrogen) atoms. The number of piperidine rings is 1. The SMILES string of the molecule is CCNC(C)C1CCN(c2cc(C)nc(C)n2)CC1. The molecule has 1 saturated heterocycles. The van der Waals surface area contributed by atoms with E-state index in [1.165, 1.54) is 12.8 Å². The molecule has 0 aliphatic carbocycles. The predicted octanol–water partition coefficient (Wildman–Crippen LogP) is 2.31. The molecule has 1 aliphatic heterocycles. The van der Waals surface area contributed by atoms with Gasteiger partial charge >= 0.3 is 0 Å². The Morgan fingerprint density at radius 1 is 1.32 bits per heavy atom. The third-order valence-electron chi connectivity index (χ3n) is 4.05. The van der Waals surface area contributed by atoms with Gasteiger partial charge in [-0.25, -0.2) is 9.97 Å². The molecule has 1 atom stereocenters. The standard InChI is InChI=1S/C15H26N4/c1-5-16-12(3)14-6-8-19(9-7-14)15-10-11(2)17-13(4)18-15/h10,12,14,16H,5-9H2,1-4H3. The molecule has 1 aromatic rings.